The van der Waals surface area contributed by atoms with Crippen molar-refractivity contribution in [3.8, 4) is 11.6 Å². The van der Waals surface area contributed by atoms with Crippen LogP contribution in [-0.2, 0) is 4.79 Å². The molecule has 1 amide bonds. The van der Waals surface area contributed by atoms with E-state index in [-0.39, 0.29) is 5.92 Å². The molecule has 2 N–H and O–H groups in total. The highest BCUT2D eigenvalue weighted by Crippen LogP contribution is 2.34. The average Bonchev–Trinajstić information content (AvgIpc) is 3.51. The molecule has 0 atom stereocenters. The summed E-state index contributed by atoms with van der Waals surface area (Å²) in [6.45, 7) is 9.18. The van der Waals surface area contributed by atoms with E-state index >= 15 is 0 Å². The van der Waals surface area contributed by atoms with Crippen molar-refractivity contribution in [1.82, 2.24) is 9.88 Å². The van der Waals surface area contributed by atoms with Crippen molar-refractivity contribution >= 4 is 17.4 Å². The van der Waals surface area contributed by atoms with Crippen molar-refractivity contribution in [2.45, 2.75) is 33.6 Å². The number of nitrogens with zero attached hydrogens (tertiary/aromatic N) is 3. The third-order valence-electron chi connectivity index (χ3n) is 5.52. The van der Waals surface area contributed by atoms with Crippen LogP contribution in [0.2, 0.25) is 0 Å². The minimum Gasteiger partial charge on any atom is -0.436 e. The molecular formula is C22H28N4O2. The summed E-state index contributed by atoms with van der Waals surface area (Å²) in [6.07, 6.45) is 2.11. The average molecular weight is 380 g/mol. The normalized spacial score (nSPS) is 17.0. The van der Waals surface area contributed by atoms with Crippen molar-refractivity contribution in [1.29, 1.82) is 0 Å². The van der Waals surface area contributed by atoms with Gasteiger partial charge in [0.15, 0.2) is 0 Å². The predicted octanol–water partition coefficient (Wildman–Crippen LogP) is 3.44. The van der Waals surface area contributed by atoms with Gasteiger partial charge in [0.25, 0.3) is 0 Å². The van der Waals surface area contributed by atoms with E-state index in [1.165, 1.54) is 5.56 Å². The third-order valence-corrected chi connectivity index (χ3v) is 5.52. The number of nitrogen functional groups attached to an aromatic ring is 1. The summed E-state index contributed by atoms with van der Waals surface area (Å²) in [4.78, 5) is 21.1. The third kappa shape index (κ3) is 3.77. The van der Waals surface area contributed by atoms with E-state index in [1.54, 1.807) is 0 Å². The van der Waals surface area contributed by atoms with Gasteiger partial charge in [-0.25, -0.2) is 0 Å². The molecule has 0 radical (unpaired) electrons. The van der Waals surface area contributed by atoms with Crippen LogP contribution in [0.5, 0.6) is 11.6 Å². The van der Waals surface area contributed by atoms with Crippen LogP contribution in [0, 0.1) is 26.7 Å². The molecule has 1 aromatic heterocycles. The van der Waals surface area contributed by atoms with Gasteiger partial charge in [-0.05, 0) is 56.9 Å². The molecule has 0 bridgehead atoms. The molecule has 2 heterocycles. The number of ether oxygens (including phenoxy) is 1. The van der Waals surface area contributed by atoms with E-state index in [4.69, 9.17) is 10.5 Å². The van der Waals surface area contributed by atoms with Gasteiger partial charge in [-0.1, -0.05) is 17.7 Å². The number of piperazine rings is 1. The van der Waals surface area contributed by atoms with Gasteiger partial charge in [-0.2, -0.15) is 4.98 Å². The van der Waals surface area contributed by atoms with E-state index in [1.807, 2.05) is 30.9 Å². The Morgan fingerprint density at radius 3 is 2.32 bits per heavy atom. The van der Waals surface area contributed by atoms with E-state index in [2.05, 4.69) is 28.9 Å². The number of amides is 1. The summed E-state index contributed by atoms with van der Waals surface area (Å²) in [5, 5.41) is 0. The van der Waals surface area contributed by atoms with Gasteiger partial charge >= 0.3 is 0 Å². The van der Waals surface area contributed by atoms with Crippen molar-refractivity contribution in [2.24, 2.45) is 5.92 Å². The molecule has 6 heteroatoms. The van der Waals surface area contributed by atoms with Gasteiger partial charge in [0.2, 0.25) is 11.8 Å². The summed E-state index contributed by atoms with van der Waals surface area (Å²) in [5.41, 5.74) is 10.00. The minimum atomic E-state index is 0.280. The van der Waals surface area contributed by atoms with Crippen LogP contribution in [0.4, 0.5) is 11.5 Å². The molecule has 1 aliphatic carbocycles. The van der Waals surface area contributed by atoms with Crippen molar-refractivity contribution in [2.75, 3.05) is 36.8 Å². The zero-order valence-electron chi connectivity index (χ0n) is 16.9. The number of aromatic nitrogens is 1. The maximum absolute atomic E-state index is 12.2. The summed E-state index contributed by atoms with van der Waals surface area (Å²) in [5.74, 6) is 2.68. The smallest absolute Gasteiger partial charge is 0.244 e. The zero-order valence-corrected chi connectivity index (χ0v) is 16.9. The largest absolute Gasteiger partial charge is 0.436 e. The first-order valence-electron chi connectivity index (χ1n) is 9.98. The van der Waals surface area contributed by atoms with Gasteiger partial charge in [0.05, 0.1) is 5.69 Å². The van der Waals surface area contributed by atoms with E-state index in [9.17, 15) is 4.79 Å². The minimum absolute atomic E-state index is 0.280. The number of benzene rings is 1. The first-order valence-corrected chi connectivity index (χ1v) is 9.98. The quantitative estimate of drug-likeness (QED) is 0.880. The van der Waals surface area contributed by atoms with Gasteiger partial charge in [-0.15, -0.1) is 0 Å². The maximum atomic E-state index is 12.2. The molecule has 0 unspecified atom stereocenters. The summed E-state index contributed by atoms with van der Waals surface area (Å²) in [6, 6.07) is 7.96. The summed E-state index contributed by atoms with van der Waals surface area (Å²) >= 11 is 0. The number of carbonyl (C=O) groups is 1. The molecule has 0 spiro atoms. The monoisotopic (exact) mass is 380 g/mol. The molecule has 28 heavy (non-hydrogen) atoms. The lowest BCUT2D eigenvalue weighted by Crippen LogP contribution is -2.49. The highest BCUT2D eigenvalue weighted by Gasteiger charge is 2.34. The molecule has 1 aliphatic heterocycles. The highest BCUT2D eigenvalue weighted by atomic mass is 16.5. The summed E-state index contributed by atoms with van der Waals surface area (Å²) < 4.78 is 6.13. The lowest BCUT2D eigenvalue weighted by atomic mass is 10.1. The van der Waals surface area contributed by atoms with E-state index in [0.717, 1.165) is 61.7 Å². The van der Waals surface area contributed by atoms with Crippen LogP contribution >= 0.6 is 0 Å². The fourth-order valence-electron chi connectivity index (χ4n) is 3.87. The molecular weight excluding hydrogens is 352 g/mol. The maximum Gasteiger partial charge on any atom is 0.244 e. The Bertz CT molecular complexity index is 876. The van der Waals surface area contributed by atoms with Gasteiger partial charge < -0.3 is 20.3 Å². The fraction of sp³-hybridized carbons (Fsp3) is 0.455. The first kappa shape index (κ1) is 18.6. The first-order chi connectivity index (χ1) is 13.4. The van der Waals surface area contributed by atoms with Crippen molar-refractivity contribution < 1.29 is 9.53 Å². The summed E-state index contributed by atoms with van der Waals surface area (Å²) in [7, 11) is 0. The molecule has 2 fully saturated rings. The van der Waals surface area contributed by atoms with Crippen LogP contribution in [0.3, 0.4) is 0 Å². The molecule has 1 saturated heterocycles. The molecule has 1 saturated carbocycles. The van der Waals surface area contributed by atoms with Crippen LogP contribution in [0.25, 0.3) is 0 Å². The number of pyridine rings is 1. The second-order valence-electron chi connectivity index (χ2n) is 7.98. The molecule has 1 aromatic carbocycles. The van der Waals surface area contributed by atoms with Crippen LogP contribution in [0.15, 0.2) is 24.3 Å². The Kier molecular flexibility index (Phi) is 4.87. The number of aryl methyl sites for hydroxylation is 3. The Labute approximate surface area is 166 Å². The number of nitrogens with two attached hydrogens (primary N) is 1. The van der Waals surface area contributed by atoms with Gasteiger partial charge in [0.1, 0.15) is 11.6 Å². The van der Waals surface area contributed by atoms with Crippen LogP contribution in [-0.4, -0.2) is 42.0 Å². The fourth-order valence-corrected chi connectivity index (χ4v) is 3.87. The second kappa shape index (κ2) is 7.34. The number of hydrogen-bond donors (Lipinski definition) is 1. The van der Waals surface area contributed by atoms with Gasteiger partial charge in [-0.3, -0.25) is 4.79 Å². The molecule has 2 aromatic rings. The molecule has 2 aliphatic rings. The van der Waals surface area contributed by atoms with Crippen molar-refractivity contribution in [3.05, 3.63) is 41.0 Å². The second-order valence-corrected chi connectivity index (χ2v) is 7.98. The van der Waals surface area contributed by atoms with Crippen LogP contribution < -0.4 is 15.4 Å². The Balaban J connectivity index is 1.49. The lowest BCUT2D eigenvalue weighted by molar-refractivity contribution is -0.132. The topological polar surface area (TPSA) is 71.7 Å². The Hall–Kier alpha value is -2.76. The lowest BCUT2D eigenvalue weighted by Gasteiger charge is -2.35. The SMILES string of the molecule is Cc1cc(C)c(Oc2nc(N3CCN(C(=O)C4CC4)CC3)ccc2N)c(C)c1. The molecule has 6 nitrogen and oxygen atoms in total. The Morgan fingerprint density at radius 2 is 1.71 bits per heavy atom. The van der Waals surface area contributed by atoms with Crippen molar-refractivity contribution in [3.63, 3.8) is 0 Å². The zero-order chi connectivity index (χ0) is 19.8. The van der Waals surface area contributed by atoms with E-state index < -0.39 is 0 Å². The Morgan fingerprint density at radius 1 is 1.07 bits per heavy atom. The molecule has 148 valence electrons. The van der Waals surface area contributed by atoms with Gasteiger partial charge in [0, 0.05) is 32.1 Å². The number of anilines is 2. The standard InChI is InChI=1S/C22H28N4O2/c1-14-12-15(2)20(16(3)13-14)28-21-18(23)6-7-19(24-21)25-8-10-26(11-9-25)22(27)17-4-5-17/h6-7,12-13,17H,4-5,8-11,23H2,1-3H3. The highest BCUT2D eigenvalue weighted by molar-refractivity contribution is 5.81. The van der Waals surface area contributed by atoms with E-state index in [0.29, 0.717) is 17.5 Å². The molecule has 4 rings (SSSR count). The number of hydrogen-bond acceptors (Lipinski definition) is 5. The number of carbonyl (C=O) groups excluding carboxylic acids is 1. The predicted molar refractivity (Wildman–Crippen MR) is 111 cm³/mol. The van der Waals surface area contributed by atoms with Crippen LogP contribution in [0.1, 0.15) is 29.5 Å². The number of rotatable bonds is 4.